The minimum Gasteiger partial charge on any atom is -0.396 e. The van der Waals surface area contributed by atoms with Gasteiger partial charge in [-0.3, -0.25) is 4.79 Å². The van der Waals surface area contributed by atoms with Crippen LogP contribution in [0.5, 0.6) is 0 Å². The molecule has 3 aromatic rings. The number of carbonyl (C=O) groups excluding carboxylic acids is 1. The highest BCUT2D eigenvalue weighted by molar-refractivity contribution is 6.04. The lowest BCUT2D eigenvalue weighted by Crippen LogP contribution is -2.11. The molecule has 0 aliphatic carbocycles. The average molecular weight is 321 g/mol. The van der Waals surface area contributed by atoms with Crippen LogP contribution in [0.25, 0.3) is 0 Å². The van der Waals surface area contributed by atoms with Crippen molar-refractivity contribution in [3.05, 3.63) is 84.2 Å². The van der Waals surface area contributed by atoms with Gasteiger partial charge < -0.3 is 16.4 Å². The summed E-state index contributed by atoms with van der Waals surface area (Å²) in [5.41, 5.74) is 8.21. The molecule has 0 aliphatic rings. The highest BCUT2D eigenvalue weighted by Crippen LogP contribution is 2.22. The van der Waals surface area contributed by atoms with Crippen molar-refractivity contribution in [2.24, 2.45) is 0 Å². The first-order chi connectivity index (χ1) is 11.6. The Morgan fingerprint density at radius 1 is 0.833 bits per heavy atom. The molecule has 1 amide bonds. The maximum absolute atomic E-state index is 13.4. The minimum atomic E-state index is -0.466. The number of hydrogen-bond donors (Lipinski definition) is 3. The number of nitrogen functional groups attached to an aromatic ring is 1. The van der Waals surface area contributed by atoms with Gasteiger partial charge in [0.25, 0.3) is 5.91 Å². The van der Waals surface area contributed by atoms with Crippen molar-refractivity contribution in [1.29, 1.82) is 0 Å². The Morgan fingerprint density at radius 2 is 1.46 bits per heavy atom. The number of carbonyl (C=O) groups is 1. The van der Waals surface area contributed by atoms with E-state index in [9.17, 15) is 9.18 Å². The lowest BCUT2D eigenvalue weighted by molar-refractivity contribution is 0.102. The largest absolute Gasteiger partial charge is 0.396 e. The van der Waals surface area contributed by atoms with Crippen LogP contribution in [0.4, 0.5) is 27.1 Å². The number of halogens is 1. The first-order valence-corrected chi connectivity index (χ1v) is 7.40. The smallest absolute Gasteiger partial charge is 0.255 e. The van der Waals surface area contributed by atoms with E-state index in [1.165, 1.54) is 12.1 Å². The molecule has 0 saturated heterocycles. The average Bonchev–Trinajstić information content (AvgIpc) is 2.61. The highest BCUT2D eigenvalue weighted by Gasteiger charge is 2.05. The first-order valence-electron chi connectivity index (χ1n) is 7.40. The summed E-state index contributed by atoms with van der Waals surface area (Å²) in [6.45, 7) is 0. The second-order valence-corrected chi connectivity index (χ2v) is 5.26. The van der Waals surface area contributed by atoms with Gasteiger partial charge in [-0.25, -0.2) is 4.39 Å². The van der Waals surface area contributed by atoms with Gasteiger partial charge in [0.15, 0.2) is 0 Å². The fourth-order valence-corrected chi connectivity index (χ4v) is 2.20. The fraction of sp³-hybridized carbons (Fsp3) is 0. The monoisotopic (exact) mass is 321 g/mol. The van der Waals surface area contributed by atoms with E-state index in [0.717, 1.165) is 5.69 Å². The third kappa shape index (κ3) is 3.70. The second-order valence-electron chi connectivity index (χ2n) is 5.26. The van der Waals surface area contributed by atoms with Crippen molar-refractivity contribution in [2.45, 2.75) is 0 Å². The molecule has 120 valence electrons. The maximum Gasteiger partial charge on any atom is 0.255 e. The molecule has 5 heteroatoms. The zero-order valence-electron chi connectivity index (χ0n) is 12.8. The summed E-state index contributed by atoms with van der Waals surface area (Å²) >= 11 is 0. The van der Waals surface area contributed by atoms with Gasteiger partial charge in [0.1, 0.15) is 5.82 Å². The molecule has 0 aromatic heterocycles. The van der Waals surface area contributed by atoms with Gasteiger partial charge in [0, 0.05) is 22.6 Å². The zero-order valence-corrected chi connectivity index (χ0v) is 12.8. The van der Waals surface area contributed by atoms with Gasteiger partial charge in [-0.05, 0) is 54.6 Å². The van der Waals surface area contributed by atoms with E-state index >= 15 is 0 Å². The SMILES string of the molecule is Nc1ccc(Nc2ccc(NC(=O)c3ccccc3)cc2)cc1F. The summed E-state index contributed by atoms with van der Waals surface area (Å²) in [5, 5.41) is 5.90. The van der Waals surface area contributed by atoms with Crippen molar-refractivity contribution in [2.75, 3.05) is 16.4 Å². The molecule has 0 saturated carbocycles. The Hall–Kier alpha value is -3.34. The molecule has 0 heterocycles. The second kappa shape index (κ2) is 6.83. The van der Waals surface area contributed by atoms with Crippen molar-refractivity contribution < 1.29 is 9.18 Å². The zero-order chi connectivity index (χ0) is 16.9. The van der Waals surface area contributed by atoms with Crippen LogP contribution in [-0.4, -0.2) is 5.91 Å². The molecule has 0 radical (unpaired) electrons. The first kappa shape index (κ1) is 15.6. The lowest BCUT2D eigenvalue weighted by Gasteiger charge is -2.09. The van der Waals surface area contributed by atoms with Gasteiger partial charge in [0.2, 0.25) is 0 Å². The third-order valence-corrected chi connectivity index (χ3v) is 3.47. The van der Waals surface area contributed by atoms with Gasteiger partial charge in [-0.1, -0.05) is 18.2 Å². The molecule has 0 bridgehead atoms. The number of amides is 1. The Bertz CT molecular complexity index is 848. The van der Waals surface area contributed by atoms with E-state index in [4.69, 9.17) is 5.73 Å². The predicted octanol–water partition coefficient (Wildman–Crippen LogP) is 4.40. The lowest BCUT2D eigenvalue weighted by atomic mass is 10.2. The van der Waals surface area contributed by atoms with Gasteiger partial charge in [-0.15, -0.1) is 0 Å². The molecule has 4 nitrogen and oxygen atoms in total. The van der Waals surface area contributed by atoms with E-state index in [1.54, 1.807) is 42.5 Å². The van der Waals surface area contributed by atoms with E-state index in [2.05, 4.69) is 10.6 Å². The highest BCUT2D eigenvalue weighted by atomic mass is 19.1. The maximum atomic E-state index is 13.4. The fourth-order valence-electron chi connectivity index (χ4n) is 2.20. The van der Waals surface area contributed by atoms with Crippen molar-refractivity contribution in [3.63, 3.8) is 0 Å². The summed E-state index contributed by atoms with van der Waals surface area (Å²) in [6, 6.07) is 20.7. The summed E-state index contributed by atoms with van der Waals surface area (Å²) < 4.78 is 13.4. The number of anilines is 4. The summed E-state index contributed by atoms with van der Waals surface area (Å²) in [7, 11) is 0. The van der Waals surface area contributed by atoms with Crippen LogP contribution in [0.3, 0.4) is 0 Å². The standard InChI is InChI=1S/C19H16FN3O/c20-17-12-16(10-11-18(17)21)22-14-6-8-15(9-7-14)23-19(24)13-4-2-1-3-5-13/h1-12,22H,21H2,(H,23,24). The molecule has 4 N–H and O–H groups in total. The Kier molecular flexibility index (Phi) is 4.43. The van der Waals surface area contributed by atoms with Gasteiger partial charge >= 0.3 is 0 Å². The number of rotatable bonds is 4. The predicted molar refractivity (Wildman–Crippen MR) is 94.9 cm³/mol. The molecule has 24 heavy (non-hydrogen) atoms. The number of benzene rings is 3. The van der Waals surface area contributed by atoms with Crippen molar-refractivity contribution in [3.8, 4) is 0 Å². The van der Waals surface area contributed by atoms with Gasteiger partial charge in [-0.2, -0.15) is 0 Å². The normalized spacial score (nSPS) is 10.2. The molecule has 0 unspecified atom stereocenters. The van der Waals surface area contributed by atoms with Crippen LogP contribution >= 0.6 is 0 Å². The Balaban J connectivity index is 1.67. The summed E-state index contributed by atoms with van der Waals surface area (Å²) in [5.74, 6) is -0.636. The van der Waals surface area contributed by atoms with E-state index < -0.39 is 5.82 Å². The summed E-state index contributed by atoms with van der Waals surface area (Å²) in [4.78, 5) is 12.1. The minimum absolute atomic E-state index is 0.111. The molecule has 3 aromatic carbocycles. The number of hydrogen-bond acceptors (Lipinski definition) is 3. The molecular weight excluding hydrogens is 305 g/mol. The molecule has 0 atom stereocenters. The van der Waals surface area contributed by atoms with Crippen molar-refractivity contribution >= 4 is 28.7 Å². The van der Waals surface area contributed by atoms with Crippen LogP contribution < -0.4 is 16.4 Å². The van der Waals surface area contributed by atoms with Crippen LogP contribution in [-0.2, 0) is 0 Å². The topological polar surface area (TPSA) is 67.2 Å². The van der Waals surface area contributed by atoms with Crippen LogP contribution in [0.2, 0.25) is 0 Å². The number of nitrogens with two attached hydrogens (primary N) is 1. The van der Waals surface area contributed by atoms with E-state index in [-0.39, 0.29) is 11.6 Å². The molecule has 0 aliphatic heterocycles. The Morgan fingerprint density at radius 3 is 2.12 bits per heavy atom. The Labute approximate surface area is 139 Å². The van der Waals surface area contributed by atoms with E-state index in [1.807, 2.05) is 18.2 Å². The molecular formula is C19H16FN3O. The quantitative estimate of drug-likeness (QED) is 0.624. The number of nitrogens with one attached hydrogen (secondary N) is 2. The van der Waals surface area contributed by atoms with E-state index in [0.29, 0.717) is 16.9 Å². The van der Waals surface area contributed by atoms with Crippen molar-refractivity contribution in [1.82, 2.24) is 0 Å². The molecule has 3 rings (SSSR count). The summed E-state index contributed by atoms with van der Waals surface area (Å²) in [6.07, 6.45) is 0. The molecule has 0 fully saturated rings. The van der Waals surface area contributed by atoms with Crippen LogP contribution in [0, 0.1) is 5.82 Å². The molecule has 0 spiro atoms. The van der Waals surface area contributed by atoms with Crippen LogP contribution in [0.15, 0.2) is 72.8 Å². The third-order valence-electron chi connectivity index (χ3n) is 3.47. The van der Waals surface area contributed by atoms with Crippen LogP contribution in [0.1, 0.15) is 10.4 Å². The van der Waals surface area contributed by atoms with Gasteiger partial charge in [0.05, 0.1) is 5.69 Å².